The van der Waals surface area contributed by atoms with E-state index in [0.29, 0.717) is 23.9 Å². The Bertz CT molecular complexity index is 396. The summed E-state index contributed by atoms with van der Waals surface area (Å²) in [5.41, 5.74) is 0. The lowest BCUT2D eigenvalue weighted by Gasteiger charge is -2.35. The van der Waals surface area contributed by atoms with Gasteiger partial charge in [-0.3, -0.25) is 4.79 Å². The van der Waals surface area contributed by atoms with E-state index < -0.39 is 0 Å². The van der Waals surface area contributed by atoms with Gasteiger partial charge in [-0.15, -0.1) is 0 Å². The average molecular weight is 337 g/mol. The predicted octanol–water partition coefficient (Wildman–Crippen LogP) is 1.30. The molecule has 0 aromatic rings. The van der Waals surface area contributed by atoms with Crippen LogP contribution in [0.25, 0.3) is 0 Å². The molecule has 3 rings (SSSR count). The quantitative estimate of drug-likeness (QED) is 0.736. The molecule has 3 saturated heterocycles. The minimum atomic E-state index is 0.268. The maximum atomic E-state index is 12.3. The van der Waals surface area contributed by atoms with Gasteiger partial charge in [0.2, 0.25) is 5.91 Å². The van der Waals surface area contributed by atoms with E-state index in [2.05, 4.69) is 34.3 Å². The Hall–Kier alpha value is -0.650. The fraction of sp³-hybridized carbons (Fsp3) is 0.947. The molecule has 5 heteroatoms. The third-order valence-electron chi connectivity index (χ3n) is 6.17. The highest BCUT2D eigenvalue weighted by molar-refractivity contribution is 5.76. The maximum Gasteiger partial charge on any atom is 0.220 e. The van der Waals surface area contributed by atoms with Gasteiger partial charge in [0.15, 0.2) is 0 Å². The molecular formula is C19H36N4O. The van der Waals surface area contributed by atoms with Crippen LogP contribution in [-0.2, 0) is 4.79 Å². The largest absolute Gasteiger partial charge is 0.356 e. The van der Waals surface area contributed by atoms with Crippen LogP contribution in [0.4, 0.5) is 0 Å². The van der Waals surface area contributed by atoms with Crippen LogP contribution in [0.5, 0.6) is 0 Å². The van der Waals surface area contributed by atoms with Crippen molar-refractivity contribution in [3.8, 4) is 0 Å². The Kier molecular flexibility index (Phi) is 6.53. The van der Waals surface area contributed by atoms with E-state index in [9.17, 15) is 4.79 Å². The number of carbonyl (C=O) groups is 1. The molecule has 5 nitrogen and oxygen atoms in total. The highest BCUT2D eigenvalue weighted by Crippen LogP contribution is 2.32. The van der Waals surface area contributed by atoms with E-state index in [1.165, 1.54) is 51.9 Å². The van der Waals surface area contributed by atoms with E-state index in [4.69, 9.17) is 0 Å². The number of rotatable bonds is 7. The van der Waals surface area contributed by atoms with Gasteiger partial charge in [-0.25, -0.2) is 0 Å². The van der Waals surface area contributed by atoms with Crippen molar-refractivity contribution in [3.05, 3.63) is 0 Å². The lowest BCUT2D eigenvalue weighted by molar-refractivity contribution is -0.122. The summed E-state index contributed by atoms with van der Waals surface area (Å²) >= 11 is 0. The average Bonchev–Trinajstić information content (AvgIpc) is 2.92. The SMILES string of the molecule is CCN1CCN(CC(C)CNC(=O)CC2CC3CCC(C2)N3)CC1. The van der Waals surface area contributed by atoms with Gasteiger partial charge in [-0.05, 0) is 44.1 Å². The van der Waals surface area contributed by atoms with Crippen molar-refractivity contribution in [1.29, 1.82) is 0 Å². The minimum Gasteiger partial charge on any atom is -0.356 e. The lowest BCUT2D eigenvalue weighted by Crippen LogP contribution is -2.48. The minimum absolute atomic E-state index is 0.268. The summed E-state index contributed by atoms with van der Waals surface area (Å²) in [5, 5.41) is 6.85. The molecule has 3 aliphatic heterocycles. The van der Waals surface area contributed by atoms with Crippen molar-refractivity contribution in [1.82, 2.24) is 20.4 Å². The summed E-state index contributed by atoms with van der Waals surface area (Å²) in [4.78, 5) is 17.3. The number of hydrogen-bond acceptors (Lipinski definition) is 4. The summed E-state index contributed by atoms with van der Waals surface area (Å²) in [6.45, 7) is 12.3. The predicted molar refractivity (Wildman–Crippen MR) is 98.0 cm³/mol. The normalized spacial score (nSPS) is 32.7. The Labute approximate surface area is 147 Å². The molecule has 1 amide bonds. The van der Waals surface area contributed by atoms with Crippen LogP contribution in [0.3, 0.4) is 0 Å². The molecule has 0 aliphatic carbocycles. The van der Waals surface area contributed by atoms with Gasteiger partial charge >= 0.3 is 0 Å². The third-order valence-corrected chi connectivity index (χ3v) is 6.17. The third kappa shape index (κ3) is 5.17. The summed E-state index contributed by atoms with van der Waals surface area (Å²) in [5.74, 6) is 1.40. The van der Waals surface area contributed by atoms with Crippen molar-refractivity contribution in [2.24, 2.45) is 11.8 Å². The molecule has 3 atom stereocenters. The van der Waals surface area contributed by atoms with E-state index >= 15 is 0 Å². The van der Waals surface area contributed by atoms with Gasteiger partial charge in [0.05, 0.1) is 0 Å². The Morgan fingerprint density at radius 1 is 1.12 bits per heavy atom. The van der Waals surface area contributed by atoms with Crippen LogP contribution in [0.2, 0.25) is 0 Å². The monoisotopic (exact) mass is 336 g/mol. The number of nitrogens with zero attached hydrogens (tertiary/aromatic N) is 2. The topological polar surface area (TPSA) is 47.6 Å². The molecular weight excluding hydrogens is 300 g/mol. The number of nitrogens with one attached hydrogen (secondary N) is 2. The number of carbonyl (C=O) groups excluding carboxylic acids is 1. The molecule has 0 aromatic carbocycles. The van der Waals surface area contributed by atoms with Crippen LogP contribution in [0.15, 0.2) is 0 Å². The molecule has 3 heterocycles. The number of piperazine rings is 1. The molecule has 3 aliphatic rings. The number of likely N-dealkylation sites (N-methyl/N-ethyl adjacent to an activating group) is 1. The van der Waals surface area contributed by atoms with Gasteiger partial charge in [0.25, 0.3) is 0 Å². The second-order valence-electron chi connectivity index (χ2n) is 8.32. The summed E-state index contributed by atoms with van der Waals surface area (Å²) in [6.07, 6.45) is 5.75. The fourth-order valence-corrected chi connectivity index (χ4v) is 4.76. The molecule has 3 unspecified atom stereocenters. The van der Waals surface area contributed by atoms with Crippen molar-refractivity contribution in [2.45, 2.75) is 58.0 Å². The Balaban J connectivity index is 1.30. The highest BCUT2D eigenvalue weighted by atomic mass is 16.1. The number of fused-ring (bicyclic) bond motifs is 2. The molecule has 3 fully saturated rings. The van der Waals surface area contributed by atoms with Crippen LogP contribution >= 0.6 is 0 Å². The van der Waals surface area contributed by atoms with E-state index in [1.807, 2.05) is 0 Å². The fourth-order valence-electron chi connectivity index (χ4n) is 4.76. The molecule has 2 bridgehead atoms. The van der Waals surface area contributed by atoms with Crippen LogP contribution < -0.4 is 10.6 Å². The van der Waals surface area contributed by atoms with Gasteiger partial charge in [0.1, 0.15) is 0 Å². The van der Waals surface area contributed by atoms with Crippen molar-refractivity contribution in [3.63, 3.8) is 0 Å². The van der Waals surface area contributed by atoms with Crippen LogP contribution in [0, 0.1) is 11.8 Å². The number of piperidine rings is 1. The van der Waals surface area contributed by atoms with Gasteiger partial charge in [0, 0.05) is 57.8 Å². The molecule has 0 spiro atoms. The first kappa shape index (κ1) is 18.2. The molecule has 0 aromatic heterocycles. The smallest absolute Gasteiger partial charge is 0.220 e. The molecule has 24 heavy (non-hydrogen) atoms. The second kappa shape index (κ2) is 8.63. The standard InChI is InChI=1S/C19H36N4O/c1-3-22-6-8-23(9-7-22)14-15(2)13-20-19(24)12-16-10-17-4-5-18(11-16)21-17/h15-18,21H,3-14H2,1-2H3,(H,20,24). The van der Waals surface area contributed by atoms with Gasteiger partial charge < -0.3 is 20.4 Å². The van der Waals surface area contributed by atoms with E-state index in [0.717, 1.165) is 26.1 Å². The lowest BCUT2D eigenvalue weighted by atomic mass is 9.89. The molecule has 2 N–H and O–H groups in total. The zero-order valence-electron chi connectivity index (χ0n) is 15.6. The summed E-state index contributed by atoms with van der Waals surface area (Å²) < 4.78 is 0. The molecule has 0 radical (unpaired) electrons. The summed E-state index contributed by atoms with van der Waals surface area (Å²) in [7, 11) is 0. The number of hydrogen-bond donors (Lipinski definition) is 2. The van der Waals surface area contributed by atoms with Crippen molar-refractivity contribution >= 4 is 5.91 Å². The van der Waals surface area contributed by atoms with Crippen LogP contribution in [0.1, 0.15) is 46.0 Å². The van der Waals surface area contributed by atoms with Gasteiger partial charge in [-0.2, -0.15) is 0 Å². The van der Waals surface area contributed by atoms with Crippen molar-refractivity contribution in [2.75, 3.05) is 45.8 Å². The number of amides is 1. The Morgan fingerprint density at radius 3 is 2.38 bits per heavy atom. The summed E-state index contributed by atoms with van der Waals surface area (Å²) in [6, 6.07) is 1.37. The highest BCUT2D eigenvalue weighted by Gasteiger charge is 2.34. The first-order valence-electron chi connectivity index (χ1n) is 10.1. The van der Waals surface area contributed by atoms with Gasteiger partial charge in [-0.1, -0.05) is 13.8 Å². The van der Waals surface area contributed by atoms with E-state index in [-0.39, 0.29) is 5.91 Å². The second-order valence-corrected chi connectivity index (χ2v) is 8.32. The zero-order valence-corrected chi connectivity index (χ0v) is 15.6. The van der Waals surface area contributed by atoms with Crippen LogP contribution in [-0.4, -0.2) is 73.6 Å². The first-order chi connectivity index (χ1) is 11.6. The Morgan fingerprint density at radius 2 is 1.75 bits per heavy atom. The maximum absolute atomic E-state index is 12.3. The van der Waals surface area contributed by atoms with Crippen molar-refractivity contribution < 1.29 is 4.79 Å². The first-order valence-corrected chi connectivity index (χ1v) is 10.1. The van der Waals surface area contributed by atoms with E-state index in [1.54, 1.807) is 0 Å². The molecule has 0 saturated carbocycles. The molecule has 138 valence electrons. The zero-order chi connectivity index (χ0) is 16.9.